The number of nitrogens with one attached hydrogen (secondary N) is 2. The summed E-state index contributed by atoms with van der Waals surface area (Å²) in [5.74, 6) is -0.961. The average Bonchev–Trinajstić information content (AvgIpc) is 2.90. The molecule has 0 aliphatic heterocycles. The van der Waals surface area contributed by atoms with Gasteiger partial charge in [0, 0.05) is 5.92 Å². The zero-order valence-corrected chi connectivity index (χ0v) is 14.2. The fraction of sp³-hybridized carbons (Fsp3) is 0.583. The van der Waals surface area contributed by atoms with Crippen LogP contribution in [0.5, 0.6) is 0 Å². The molecule has 0 unspecified atom stereocenters. The van der Waals surface area contributed by atoms with Crippen molar-refractivity contribution in [2.45, 2.75) is 25.1 Å². The van der Waals surface area contributed by atoms with E-state index in [-0.39, 0.29) is 36.6 Å². The number of hydrogen-bond acceptors (Lipinski definition) is 8. The van der Waals surface area contributed by atoms with E-state index in [2.05, 4.69) is 20.8 Å². The van der Waals surface area contributed by atoms with Crippen molar-refractivity contribution < 1.29 is 19.1 Å². The van der Waals surface area contributed by atoms with Gasteiger partial charge in [-0.2, -0.15) is 0 Å². The van der Waals surface area contributed by atoms with E-state index in [1.54, 1.807) is 20.8 Å². The Labute approximate surface area is 136 Å². The molecule has 1 rings (SSSR count). The van der Waals surface area contributed by atoms with E-state index in [0.29, 0.717) is 9.47 Å². The Morgan fingerprint density at radius 2 is 2.05 bits per heavy atom. The van der Waals surface area contributed by atoms with E-state index in [9.17, 15) is 14.4 Å². The molecule has 0 saturated heterocycles. The Hall–Kier alpha value is -1.68. The smallest absolute Gasteiger partial charge is 0.325 e. The van der Waals surface area contributed by atoms with Gasteiger partial charge in [0.05, 0.1) is 12.4 Å². The molecule has 22 heavy (non-hydrogen) atoms. The van der Waals surface area contributed by atoms with Crippen LogP contribution in [0.15, 0.2) is 4.34 Å². The van der Waals surface area contributed by atoms with Gasteiger partial charge >= 0.3 is 5.97 Å². The highest BCUT2D eigenvalue weighted by Gasteiger charge is 2.13. The molecular formula is C12H18N4O4S2. The molecule has 1 aromatic rings. The number of rotatable bonds is 8. The number of hydrogen-bond donors (Lipinski definition) is 2. The summed E-state index contributed by atoms with van der Waals surface area (Å²) in [6.45, 7) is 5.37. The molecule has 8 nitrogen and oxygen atoms in total. The van der Waals surface area contributed by atoms with E-state index in [4.69, 9.17) is 4.74 Å². The highest BCUT2D eigenvalue weighted by atomic mass is 32.2. The standard InChI is InChI=1S/C12H18N4O4S2/c1-4-20-9(18)5-13-8(17)6-21-12-16-15-11(22-12)14-10(19)7(2)3/h7H,4-6H2,1-3H3,(H,13,17)(H,14,15,19). The minimum Gasteiger partial charge on any atom is -0.465 e. The van der Waals surface area contributed by atoms with Gasteiger partial charge in [0.2, 0.25) is 16.9 Å². The lowest BCUT2D eigenvalue weighted by atomic mass is 10.2. The van der Waals surface area contributed by atoms with Crippen LogP contribution in [-0.2, 0) is 19.1 Å². The summed E-state index contributed by atoms with van der Waals surface area (Å²) in [5.41, 5.74) is 0. The van der Waals surface area contributed by atoms with E-state index < -0.39 is 5.97 Å². The number of ether oxygens (including phenoxy) is 1. The number of esters is 1. The topological polar surface area (TPSA) is 110 Å². The first-order valence-electron chi connectivity index (χ1n) is 6.61. The maximum atomic E-state index is 11.5. The van der Waals surface area contributed by atoms with Gasteiger partial charge in [-0.3, -0.25) is 14.4 Å². The molecule has 0 saturated carbocycles. The molecule has 0 aromatic carbocycles. The zero-order chi connectivity index (χ0) is 16.5. The highest BCUT2D eigenvalue weighted by molar-refractivity contribution is 8.01. The number of carbonyl (C=O) groups excluding carboxylic acids is 3. The largest absolute Gasteiger partial charge is 0.465 e. The average molecular weight is 346 g/mol. The van der Waals surface area contributed by atoms with Gasteiger partial charge < -0.3 is 15.4 Å². The Morgan fingerprint density at radius 1 is 1.32 bits per heavy atom. The van der Waals surface area contributed by atoms with Crippen molar-refractivity contribution in [2.75, 3.05) is 24.2 Å². The van der Waals surface area contributed by atoms with E-state index in [1.807, 2.05) is 0 Å². The van der Waals surface area contributed by atoms with Crippen LogP contribution in [0.4, 0.5) is 5.13 Å². The predicted molar refractivity (Wildman–Crippen MR) is 83.7 cm³/mol. The van der Waals surface area contributed by atoms with Crippen LogP contribution in [-0.4, -0.2) is 46.9 Å². The summed E-state index contributed by atoms with van der Waals surface area (Å²) in [6, 6.07) is 0. The Bertz CT molecular complexity index is 533. The summed E-state index contributed by atoms with van der Waals surface area (Å²) in [5, 5.41) is 13.2. The van der Waals surface area contributed by atoms with Crippen molar-refractivity contribution in [3.8, 4) is 0 Å². The second-order valence-corrected chi connectivity index (χ2v) is 6.59. The second-order valence-electron chi connectivity index (χ2n) is 4.39. The monoisotopic (exact) mass is 346 g/mol. The maximum absolute atomic E-state index is 11.5. The van der Waals surface area contributed by atoms with Gasteiger partial charge in [-0.1, -0.05) is 36.9 Å². The molecule has 0 aliphatic carbocycles. The number of amides is 2. The Kier molecular flexibility index (Phi) is 7.82. The molecule has 122 valence electrons. The fourth-order valence-corrected chi connectivity index (χ4v) is 2.71. The minimum atomic E-state index is -0.476. The van der Waals surface area contributed by atoms with Crippen LogP contribution in [0.3, 0.4) is 0 Å². The normalized spacial score (nSPS) is 10.4. The van der Waals surface area contributed by atoms with Gasteiger partial charge in [0.1, 0.15) is 6.54 Å². The van der Waals surface area contributed by atoms with Crippen molar-refractivity contribution >= 4 is 46.0 Å². The summed E-state index contributed by atoms with van der Waals surface area (Å²) in [4.78, 5) is 34.1. The van der Waals surface area contributed by atoms with Crippen LogP contribution in [0.25, 0.3) is 0 Å². The summed E-state index contributed by atoms with van der Waals surface area (Å²) in [6.07, 6.45) is 0. The van der Waals surface area contributed by atoms with Gasteiger partial charge in [-0.15, -0.1) is 10.2 Å². The fourth-order valence-electron chi connectivity index (χ4n) is 1.13. The predicted octanol–water partition coefficient (Wildman–Crippen LogP) is 0.904. The Morgan fingerprint density at radius 3 is 2.68 bits per heavy atom. The molecule has 0 fully saturated rings. The van der Waals surface area contributed by atoms with Gasteiger partial charge in [-0.25, -0.2) is 0 Å². The minimum absolute atomic E-state index is 0.103. The zero-order valence-electron chi connectivity index (χ0n) is 12.5. The lowest BCUT2D eigenvalue weighted by Gasteiger charge is -2.03. The molecule has 2 amide bonds. The van der Waals surface area contributed by atoms with Crippen molar-refractivity contribution in [2.24, 2.45) is 5.92 Å². The number of aromatic nitrogens is 2. The van der Waals surface area contributed by atoms with Crippen LogP contribution in [0, 0.1) is 5.92 Å². The highest BCUT2D eigenvalue weighted by Crippen LogP contribution is 2.25. The van der Waals surface area contributed by atoms with E-state index >= 15 is 0 Å². The molecule has 0 radical (unpaired) electrons. The maximum Gasteiger partial charge on any atom is 0.325 e. The van der Waals surface area contributed by atoms with E-state index in [1.165, 1.54) is 23.1 Å². The van der Waals surface area contributed by atoms with Crippen LogP contribution in [0.1, 0.15) is 20.8 Å². The third-order valence-electron chi connectivity index (χ3n) is 2.22. The molecule has 2 N–H and O–H groups in total. The summed E-state index contributed by atoms with van der Waals surface area (Å²) < 4.78 is 5.25. The summed E-state index contributed by atoms with van der Waals surface area (Å²) in [7, 11) is 0. The van der Waals surface area contributed by atoms with Crippen molar-refractivity contribution in [3.63, 3.8) is 0 Å². The summed E-state index contributed by atoms with van der Waals surface area (Å²) >= 11 is 2.37. The molecule has 0 aliphatic rings. The van der Waals surface area contributed by atoms with Gasteiger partial charge in [-0.05, 0) is 6.92 Å². The number of nitrogens with zero attached hydrogens (tertiary/aromatic N) is 2. The van der Waals surface area contributed by atoms with E-state index in [0.717, 1.165) is 0 Å². The first-order valence-corrected chi connectivity index (χ1v) is 8.42. The molecule has 1 heterocycles. The van der Waals surface area contributed by atoms with Gasteiger partial charge in [0.15, 0.2) is 4.34 Å². The van der Waals surface area contributed by atoms with Crippen molar-refractivity contribution in [1.29, 1.82) is 0 Å². The quantitative estimate of drug-likeness (QED) is 0.409. The first kappa shape index (κ1) is 18.4. The molecule has 0 atom stereocenters. The molecule has 1 aromatic heterocycles. The number of carbonyl (C=O) groups is 3. The molecule has 0 bridgehead atoms. The third kappa shape index (κ3) is 6.85. The second kappa shape index (κ2) is 9.36. The third-order valence-corrected chi connectivity index (χ3v) is 4.19. The first-order chi connectivity index (χ1) is 10.4. The SMILES string of the molecule is CCOC(=O)CNC(=O)CSc1nnc(NC(=O)C(C)C)s1. The molecular weight excluding hydrogens is 328 g/mol. The van der Waals surface area contributed by atoms with Crippen molar-refractivity contribution in [3.05, 3.63) is 0 Å². The lowest BCUT2D eigenvalue weighted by Crippen LogP contribution is -2.31. The van der Waals surface area contributed by atoms with Crippen LogP contribution in [0.2, 0.25) is 0 Å². The number of anilines is 1. The molecule has 10 heteroatoms. The number of thioether (sulfide) groups is 1. The Balaban J connectivity index is 2.33. The van der Waals surface area contributed by atoms with Crippen LogP contribution >= 0.6 is 23.1 Å². The van der Waals surface area contributed by atoms with Crippen molar-refractivity contribution in [1.82, 2.24) is 15.5 Å². The lowest BCUT2D eigenvalue weighted by molar-refractivity contribution is -0.143. The molecule has 0 spiro atoms. The van der Waals surface area contributed by atoms with Crippen LogP contribution < -0.4 is 10.6 Å². The van der Waals surface area contributed by atoms with Gasteiger partial charge in [0.25, 0.3) is 0 Å².